The first kappa shape index (κ1) is 18.9. The Balaban J connectivity index is 2.66. The molecule has 0 spiro atoms. The van der Waals surface area contributed by atoms with E-state index in [2.05, 4.69) is 51.8 Å². The maximum absolute atomic E-state index is 5.63. The molecule has 1 aliphatic heterocycles. The minimum absolute atomic E-state index is 0.194. The van der Waals surface area contributed by atoms with Gasteiger partial charge in [0.2, 0.25) is 0 Å². The van der Waals surface area contributed by atoms with Gasteiger partial charge in [-0.1, -0.05) is 27.2 Å². The second-order valence-electron chi connectivity index (χ2n) is 8.06. The predicted molar refractivity (Wildman–Crippen MR) is 91.8 cm³/mol. The summed E-state index contributed by atoms with van der Waals surface area (Å²) < 4.78 is 5.63. The lowest BCUT2D eigenvalue weighted by atomic mass is 9.78. The summed E-state index contributed by atoms with van der Waals surface area (Å²) >= 11 is 0. The van der Waals surface area contributed by atoms with Gasteiger partial charge in [-0.2, -0.15) is 0 Å². The van der Waals surface area contributed by atoms with Crippen molar-refractivity contribution in [1.29, 1.82) is 0 Å². The molecule has 1 N–H and O–H groups in total. The van der Waals surface area contributed by atoms with Gasteiger partial charge in [0, 0.05) is 38.4 Å². The van der Waals surface area contributed by atoms with Crippen LogP contribution in [0.15, 0.2) is 0 Å². The number of rotatable bonds is 8. The van der Waals surface area contributed by atoms with Crippen molar-refractivity contribution in [2.75, 3.05) is 39.4 Å². The maximum Gasteiger partial charge on any atom is 0.0472 e. The van der Waals surface area contributed by atoms with Crippen LogP contribution in [0.4, 0.5) is 0 Å². The molecule has 0 amide bonds. The van der Waals surface area contributed by atoms with Gasteiger partial charge < -0.3 is 15.0 Å². The number of hydrogen-bond acceptors (Lipinski definition) is 3. The molecule has 3 heteroatoms. The third kappa shape index (κ3) is 7.12. The summed E-state index contributed by atoms with van der Waals surface area (Å²) in [6.45, 7) is 20.3. The first-order valence-corrected chi connectivity index (χ1v) is 8.85. The number of hydrogen-bond donors (Lipinski definition) is 1. The summed E-state index contributed by atoms with van der Waals surface area (Å²) in [7, 11) is 0. The molecule has 126 valence electrons. The van der Waals surface area contributed by atoms with Crippen LogP contribution in [0, 0.1) is 11.3 Å². The van der Waals surface area contributed by atoms with Crippen molar-refractivity contribution in [3.8, 4) is 0 Å². The Morgan fingerprint density at radius 3 is 2.29 bits per heavy atom. The summed E-state index contributed by atoms with van der Waals surface area (Å²) in [4.78, 5) is 2.66. The number of nitrogens with one attached hydrogen (secondary N) is 1. The molecule has 0 aromatic heterocycles. The monoisotopic (exact) mass is 298 g/mol. The van der Waals surface area contributed by atoms with E-state index >= 15 is 0 Å². The molecular formula is C18H38N2O. The molecule has 1 atom stereocenters. The van der Waals surface area contributed by atoms with Gasteiger partial charge in [-0.05, 0) is 51.5 Å². The molecule has 1 unspecified atom stereocenters. The highest BCUT2D eigenvalue weighted by Crippen LogP contribution is 2.32. The average Bonchev–Trinajstić information content (AvgIpc) is 2.44. The Hall–Kier alpha value is -0.120. The highest BCUT2D eigenvalue weighted by atomic mass is 16.5. The second-order valence-corrected chi connectivity index (χ2v) is 8.06. The van der Waals surface area contributed by atoms with Gasteiger partial charge in [0.1, 0.15) is 0 Å². The van der Waals surface area contributed by atoms with Crippen molar-refractivity contribution in [2.24, 2.45) is 11.3 Å². The Bertz CT molecular complexity index is 279. The largest absolute Gasteiger partial charge is 0.381 e. The molecular weight excluding hydrogens is 260 g/mol. The van der Waals surface area contributed by atoms with E-state index in [1.54, 1.807) is 0 Å². The Morgan fingerprint density at radius 1 is 1.19 bits per heavy atom. The summed E-state index contributed by atoms with van der Waals surface area (Å²) in [5.74, 6) is 0.789. The second kappa shape index (κ2) is 8.50. The standard InChI is InChI=1S/C18H38N2O/c1-7-16(3)13-20(8-2)15-18(9-11-21-12-10-18)14-19-17(4,5)6/h16,19H,7-15H2,1-6H3. The zero-order chi connectivity index (χ0) is 15.9. The van der Waals surface area contributed by atoms with Gasteiger partial charge in [-0.3, -0.25) is 0 Å². The topological polar surface area (TPSA) is 24.5 Å². The van der Waals surface area contributed by atoms with E-state index in [1.165, 1.54) is 32.4 Å². The van der Waals surface area contributed by atoms with Crippen molar-refractivity contribution < 1.29 is 4.74 Å². The predicted octanol–water partition coefficient (Wildman–Crippen LogP) is 3.54. The van der Waals surface area contributed by atoms with Gasteiger partial charge in [0.25, 0.3) is 0 Å². The molecule has 1 heterocycles. The van der Waals surface area contributed by atoms with E-state index in [0.717, 1.165) is 32.2 Å². The van der Waals surface area contributed by atoms with E-state index in [9.17, 15) is 0 Å². The fourth-order valence-corrected chi connectivity index (χ4v) is 3.00. The fourth-order valence-electron chi connectivity index (χ4n) is 3.00. The minimum atomic E-state index is 0.194. The van der Waals surface area contributed by atoms with Crippen molar-refractivity contribution in [2.45, 2.75) is 66.3 Å². The van der Waals surface area contributed by atoms with Crippen molar-refractivity contribution in [3.05, 3.63) is 0 Å². The van der Waals surface area contributed by atoms with Crippen molar-refractivity contribution in [1.82, 2.24) is 10.2 Å². The molecule has 1 fully saturated rings. The van der Waals surface area contributed by atoms with Crippen LogP contribution in [0.25, 0.3) is 0 Å². The van der Waals surface area contributed by atoms with Crippen molar-refractivity contribution >= 4 is 0 Å². The SMILES string of the molecule is CCC(C)CN(CC)CC1(CNC(C)(C)C)CCOCC1. The van der Waals surface area contributed by atoms with Gasteiger partial charge in [-0.25, -0.2) is 0 Å². The summed E-state index contributed by atoms with van der Waals surface area (Å²) in [6, 6.07) is 0. The number of nitrogens with zero attached hydrogens (tertiary/aromatic N) is 1. The molecule has 0 saturated carbocycles. The normalized spacial score (nSPS) is 20.7. The van der Waals surface area contributed by atoms with E-state index < -0.39 is 0 Å². The third-order valence-corrected chi connectivity index (χ3v) is 4.82. The van der Waals surface area contributed by atoms with Crippen molar-refractivity contribution in [3.63, 3.8) is 0 Å². The fraction of sp³-hybridized carbons (Fsp3) is 1.00. The zero-order valence-electron chi connectivity index (χ0n) is 15.3. The van der Waals surface area contributed by atoms with Crippen LogP contribution in [-0.4, -0.2) is 49.8 Å². The van der Waals surface area contributed by atoms with Crippen LogP contribution in [0.1, 0.15) is 60.8 Å². The Morgan fingerprint density at radius 2 is 1.81 bits per heavy atom. The van der Waals surface area contributed by atoms with Gasteiger partial charge in [-0.15, -0.1) is 0 Å². The Labute approximate surface area is 132 Å². The molecule has 1 saturated heterocycles. The van der Waals surface area contributed by atoms with Gasteiger partial charge in [0.05, 0.1) is 0 Å². The van der Waals surface area contributed by atoms with Crippen LogP contribution < -0.4 is 5.32 Å². The number of ether oxygens (including phenoxy) is 1. The van der Waals surface area contributed by atoms with E-state index in [1.807, 2.05) is 0 Å². The molecule has 3 nitrogen and oxygen atoms in total. The van der Waals surface area contributed by atoms with E-state index in [0.29, 0.717) is 5.41 Å². The van der Waals surface area contributed by atoms with E-state index in [-0.39, 0.29) is 5.54 Å². The van der Waals surface area contributed by atoms with Crippen LogP contribution in [0.3, 0.4) is 0 Å². The smallest absolute Gasteiger partial charge is 0.0472 e. The first-order valence-electron chi connectivity index (χ1n) is 8.85. The molecule has 0 aromatic carbocycles. The molecule has 0 bridgehead atoms. The van der Waals surface area contributed by atoms with Crippen LogP contribution in [0.5, 0.6) is 0 Å². The highest BCUT2D eigenvalue weighted by molar-refractivity contribution is 4.89. The summed E-state index contributed by atoms with van der Waals surface area (Å²) in [6.07, 6.45) is 3.65. The van der Waals surface area contributed by atoms with Crippen LogP contribution in [-0.2, 0) is 4.74 Å². The molecule has 0 aromatic rings. The summed E-state index contributed by atoms with van der Waals surface area (Å²) in [5, 5.41) is 3.75. The Kier molecular flexibility index (Phi) is 7.66. The zero-order valence-corrected chi connectivity index (χ0v) is 15.3. The lowest BCUT2D eigenvalue weighted by Gasteiger charge is -2.43. The van der Waals surface area contributed by atoms with Gasteiger partial charge >= 0.3 is 0 Å². The maximum atomic E-state index is 5.63. The van der Waals surface area contributed by atoms with E-state index in [4.69, 9.17) is 4.74 Å². The summed E-state index contributed by atoms with van der Waals surface area (Å²) in [5.41, 5.74) is 0.577. The van der Waals surface area contributed by atoms with Crippen LogP contribution >= 0.6 is 0 Å². The highest BCUT2D eigenvalue weighted by Gasteiger charge is 2.35. The third-order valence-electron chi connectivity index (χ3n) is 4.82. The molecule has 0 aliphatic carbocycles. The van der Waals surface area contributed by atoms with Crippen LogP contribution in [0.2, 0.25) is 0 Å². The van der Waals surface area contributed by atoms with Gasteiger partial charge in [0.15, 0.2) is 0 Å². The molecule has 21 heavy (non-hydrogen) atoms. The molecule has 1 aliphatic rings. The average molecular weight is 299 g/mol. The lowest BCUT2D eigenvalue weighted by molar-refractivity contribution is -0.00827. The lowest BCUT2D eigenvalue weighted by Crippen LogP contribution is -2.51. The quantitative estimate of drug-likeness (QED) is 0.742. The first-order chi connectivity index (χ1) is 9.80. The minimum Gasteiger partial charge on any atom is -0.381 e. The molecule has 1 rings (SSSR count). The molecule has 0 radical (unpaired) electrons.